The van der Waals surface area contributed by atoms with Gasteiger partial charge in [0.15, 0.2) is 0 Å². The number of hydrogen-bond acceptors (Lipinski definition) is 2. The van der Waals surface area contributed by atoms with E-state index >= 15 is 0 Å². The highest BCUT2D eigenvalue weighted by Gasteiger charge is 2.20. The first-order valence-corrected chi connectivity index (χ1v) is 6.80. The van der Waals surface area contributed by atoms with Crippen LogP contribution in [0.3, 0.4) is 0 Å². The predicted octanol–water partition coefficient (Wildman–Crippen LogP) is 3.77. The molecule has 13 heavy (non-hydrogen) atoms. The van der Waals surface area contributed by atoms with Crippen LogP contribution >= 0.6 is 43.2 Å². The molecule has 1 aromatic heterocycles. The van der Waals surface area contributed by atoms with Crippen LogP contribution in [-0.2, 0) is 6.54 Å². The van der Waals surface area contributed by atoms with Crippen LogP contribution in [0.2, 0.25) is 0 Å². The Labute approximate surface area is 99.2 Å². The number of halogens is 2. The van der Waals surface area contributed by atoms with Gasteiger partial charge in [-0.2, -0.15) is 0 Å². The second-order valence-corrected chi connectivity index (χ2v) is 6.72. The Morgan fingerprint density at radius 1 is 1.46 bits per heavy atom. The van der Waals surface area contributed by atoms with Crippen LogP contribution in [0.25, 0.3) is 0 Å². The zero-order chi connectivity index (χ0) is 9.26. The van der Waals surface area contributed by atoms with Crippen molar-refractivity contribution in [3.63, 3.8) is 0 Å². The molecule has 1 heterocycles. The summed E-state index contributed by atoms with van der Waals surface area (Å²) in [5, 5.41) is 3.47. The van der Waals surface area contributed by atoms with Crippen molar-refractivity contribution in [3.05, 3.63) is 19.2 Å². The number of rotatable bonds is 4. The van der Waals surface area contributed by atoms with Crippen LogP contribution in [0.1, 0.15) is 17.7 Å². The average molecular weight is 325 g/mol. The fraction of sp³-hybridized carbons (Fsp3) is 0.556. The van der Waals surface area contributed by atoms with E-state index < -0.39 is 0 Å². The second-order valence-electron chi connectivity index (χ2n) is 3.41. The molecule has 0 radical (unpaired) electrons. The molecule has 0 saturated heterocycles. The molecule has 1 aliphatic carbocycles. The van der Waals surface area contributed by atoms with Crippen molar-refractivity contribution in [1.82, 2.24) is 5.32 Å². The normalized spacial score (nSPS) is 16.5. The van der Waals surface area contributed by atoms with E-state index in [1.807, 2.05) is 0 Å². The summed E-state index contributed by atoms with van der Waals surface area (Å²) in [6.45, 7) is 2.19. The quantitative estimate of drug-likeness (QED) is 0.889. The number of nitrogens with one attached hydrogen (secondary N) is 1. The third kappa shape index (κ3) is 3.05. The maximum Gasteiger partial charge on any atom is 0.0843 e. The van der Waals surface area contributed by atoms with Crippen molar-refractivity contribution >= 4 is 43.2 Å². The van der Waals surface area contributed by atoms with E-state index in [4.69, 9.17) is 0 Å². The van der Waals surface area contributed by atoms with Gasteiger partial charge in [0.2, 0.25) is 0 Å². The summed E-state index contributed by atoms with van der Waals surface area (Å²) in [5.41, 5.74) is 0. The van der Waals surface area contributed by atoms with Gasteiger partial charge >= 0.3 is 0 Å². The van der Waals surface area contributed by atoms with Crippen molar-refractivity contribution in [3.8, 4) is 0 Å². The van der Waals surface area contributed by atoms with Crippen LogP contribution in [0, 0.1) is 5.92 Å². The van der Waals surface area contributed by atoms with Gasteiger partial charge < -0.3 is 5.32 Å². The van der Waals surface area contributed by atoms with Gasteiger partial charge in [0, 0.05) is 15.9 Å². The van der Waals surface area contributed by atoms with Gasteiger partial charge in [-0.15, -0.1) is 11.3 Å². The Bertz CT molecular complexity index is 274. The standard InChI is InChI=1S/C9H11Br2NS/c10-8-3-7(13-9(8)11)5-12-4-6-1-2-6/h3,6,12H,1-2,4-5H2. The van der Waals surface area contributed by atoms with E-state index in [-0.39, 0.29) is 0 Å². The van der Waals surface area contributed by atoms with Gasteiger partial charge in [-0.1, -0.05) is 0 Å². The largest absolute Gasteiger partial charge is 0.312 e. The minimum Gasteiger partial charge on any atom is -0.312 e. The maximum atomic E-state index is 3.49. The fourth-order valence-corrected chi connectivity index (χ4v) is 3.35. The van der Waals surface area contributed by atoms with E-state index in [0.29, 0.717) is 0 Å². The molecule has 2 rings (SSSR count). The molecule has 0 aliphatic heterocycles. The summed E-state index contributed by atoms with van der Waals surface area (Å²) in [6, 6.07) is 2.18. The van der Waals surface area contributed by atoms with E-state index in [1.54, 1.807) is 11.3 Å². The molecule has 1 aromatic rings. The summed E-state index contributed by atoms with van der Waals surface area (Å²) in [7, 11) is 0. The Hall–Kier alpha value is 0.620. The number of thiophene rings is 1. The zero-order valence-electron chi connectivity index (χ0n) is 7.15. The van der Waals surface area contributed by atoms with Crippen LogP contribution < -0.4 is 5.32 Å². The van der Waals surface area contributed by atoms with E-state index in [2.05, 4.69) is 43.2 Å². The fourth-order valence-electron chi connectivity index (χ4n) is 1.20. The minimum absolute atomic E-state index is 0.965. The summed E-state index contributed by atoms with van der Waals surface area (Å²) < 4.78 is 2.36. The summed E-state index contributed by atoms with van der Waals surface area (Å²) in [6.07, 6.45) is 2.84. The third-order valence-electron chi connectivity index (χ3n) is 2.13. The molecule has 1 saturated carbocycles. The Kier molecular flexibility index (Phi) is 3.46. The lowest BCUT2D eigenvalue weighted by atomic mass is 10.4. The number of hydrogen-bond donors (Lipinski definition) is 1. The van der Waals surface area contributed by atoms with Gasteiger partial charge in [-0.3, -0.25) is 0 Å². The molecular weight excluding hydrogens is 314 g/mol. The average Bonchev–Trinajstić information content (AvgIpc) is 2.82. The summed E-state index contributed by atoms with van der Waals surface area (Å²) >= 11 is 8.77. The first-order valence-electron chi connectivity index (χ1n) is 4.40. The topological polar surface area (TPSA) is 12.0 Å². The molecule has 0 amide bonds. The van der Waals surface area contributed by atoms with Crippen molar-refractivity contribution in [2.75, 3.05) is 6.54 Å². The van der Waals surface area contributed by atoms with Crippen molar-refractivity contribution in [1.29, 1.82) is 0 Å². The Morgan fingerprint density at radius 2 is 2.23 bits per heavy atom. The van der Waals surface area contributed by atoms with Gasteiger partial charge in [-0.05, 0) is 63.2 Å². The van der Waals surface area contributed by atoms with Crippen molar-refractivity contribution in [2.45, 2.75) is 19.4 Å². The highest BCUT2D eigenvalue weighted by atomic mass is 79.9. The highest BCUT2D eigenvalue weighted by Crippen LogP contribution is 2.32. The lowest BCUT2D eigenvalue weighted by Gasteiger charge is -1.99. The van der Waals surface area contributed by atoms with E-state index in [0.717, 1.165) is 12.5 Å². The molecule has 0 unspecified atom stereocenters. The van der Waals surface area contributed by atoms with Crippen LogP contribution in [0.4, 0.5) is 0 Å². The first kappa shape index (κ1) is 10.1. The molecular formula is C9H11Br2NS. The second kappa shape index (κ2) is 4.43. The van der Waals surface area contributed by atoms with Gasteiger partial charge in [0.1, 0.15) is 0 Å². The maximum absolute atomic E-state index is 3.49. The Balaban J connectivity index is 1.79. The molecule has 1 aliphatic rings. The smallest absolute Gasteiger partial charge is 0.0843 e. The molecule has 0 spiro atoms. The van der Waals surface area contributed by atoms with Crippen molar-refractivity contribution < 1.29 is 0 Å². The predicted molar refractivity (Wildman–Crippen MR) is 64.1 cm³/mol. The Morgan fingerprint density at radius 3 is 2.77 bits per heavy atom. The van der Waals surface area contributed by atoms with E-state index in [1.165, 1.54) is 32.5 Å². The highest BCUT2D eigenvalue weighted by molar-refractivity contribution is 9.13. The summed E-state index contributed by atoms with van der Waals surface area (Å²) in [4.78, 5) is 1.39. The van der Waals surface area contributed by atoms with Gasteiger partial charge in [-0.25, -0.2) is 0 Å². The van der Waals surface area contributed by atoms with Crippen molar-refractivity contribution in [2.24, 2.45) is 5.92 Å². The SMILES string of the molecule is Brc1cc(CNCC2CC2)sc1Br. The van der Waals surface area contributed by atoms with Gasteiger partial charge in [0.25, 0.3) is 0 Å². The molecule has 1 N–H and O–H groups in total. The third-order valence-corrected chi connectivity index (χ3v) is 5.38. The molecule has 0 aromatic carbocycles. The molecule has 4 heteroatoms. The zero-order valence-corrected chi connectivity index (χ0v) is 11.1. The first-order chi connectivity index (χ1) is 6.25. The molecule has 1 fully saturated rings. The van der Waals surface area contributed by atoms with Gasteiger partial charge in [0.05, 0.1) is 3.79 Å². The molecule has 1 nitrogen and oxygen atoms in total. The molecule has 0 bridgehead atoms. The lowest BCUT2D eigenvalue weighted by molar-refractivity contribution is 0.643. The lowest BCUT2D eigenvalue weighted by Crippen LogP contribution is -2.15. The van der Waals surface area contributed by atoms with E-state index in [9.17, 15) is 0 Å². The molecule has 72 valence electrons. The van der Waals surface area contributed by atoms with Crippen LogP contribution in [-0.4, -0.2) is 6.54 Å². The molecule has 0 atom stereocenters. The minimum atomic E-state index is 0.965. The van der Waals surface area contributed by atoms with Crippen LogP contribution in [0.5, 0.6) is 0 Å². The monoisotopic (exact) mass is 323 g/mol. The summed E-state index contributed by atoms with van der Waals surface area (Å²) in [5.74, 6) is 0.965. The van der Waals surface area contributed by atoms with Crippen LogP contribution in [0.15, 0.2) is 14.3 Å².